The van der Waals surface area contributed by atoms with Crippen molar-refractivity contribution in [3.63, 3.8) is 0 Å². The van der Waals surface area contributed by atoms with Crippen molar-refractivity contribution >= 4 is 17.3 Å². The standard InChI is InChI=1S/C12H13F3N2O/c1-6-4-5-7(12(13,14)15)9-8(6)17-11(2,3)10(18)16-9/h4-5,17H,1-3H3,(H,16,18). The summed E-state index contributed by atoms with van der Waals surface area (Å²) in [5, 5.41) is 5.20. The highest BCUT2D eigenvalue weighted by atomic mass is 19.4. The van der Waals surface area contributed by atoms with E-state index in [9.17, 15) is 18.0 Å². The number of carbonyl (C=O) groups excluding carboxylic acids is 1. The zero-order valence-electron chi connectivity index (χ0n) is 10.2. The van der Waals surface area contributed by atoms with Gasteiger partial charge in [0.05, 0.1) is 16.9 Å². The second-order valence-electron chi connectivity index (χ2n) is 4.88. The molecule has 6 heteroatoms. The van der Waals surface area contributed by atoms with Gasteiger partial charge in [-0.1, -0.05) is 6.07 Å². The Hall–Kier alpha value is -1.72. The third kappa shape index (κ3) is 1.91. The third-order valence-electron chi connectivity index (χ3n) is 2.96. The summed E-state index contributed by atoms with van der Waals surface area (Å²) in [6, 6.07) is 2.37. The number of nitrogens with one attached hydrogen (secondary N) is 2. The molecule has 1 heterocycles. The van der Waals surface area contributed by atoms with Crippen molar-refractivity contribution in [1.29, 1.82) is 0 Å². The maximum absolute atomic E-state index is 12.8. The molecule has 0 saturated heterocycles. The maximum Gasteiger partial charge on any atom is 0.418 e. The smallest absolute Gasteiger partial charge is 0.370 e. The van der Waals surface area contributed by atoms with Crippen LogP contribution in [0.25, 0.3) is 0 Å². The van der Waals surface area contributed by atoms with Crippen LogP contribution in [0.5, 0.6) is 0 Å². The van der Waals surface area contributed by atoms with Gasteiger partial charge in [-0.05, 0) is 32.4 Å². The maximum atomic E-state index is 12.8. The molecule has 1 aliphatic heterocycles. The molecule has 0 aromatic heterocycles. The number of benzene rings is 1. The fraction of sp³-hybridized carbons (Fsp3) is 0.417. The number of halogens is 3. The highest BCUT2D eigenvalue weighted by Crippen LogP contribution is 2.43. The number of hydrogen-bond acceptors (Lipinski definition) is 2. The van der Waals surface area contributed by atoms with Gasteiger partial charge in [-0.3, -0.25) is 4.79 Å². The lowest BCUT2D eigenvalue weighted by Crippen LogP contribution is -2.48. The fourth-order valence-corrected chi connectivity index (χ4v) is 1.87. The molecule has 2 N–H and O–H groups in total. The molecule has 0 fully saturated rings. The van der Waals surface area contributed by atoms with Gasteiger partial charge >= 0.3 is 6.18 Å². The summed E-state index contributed by atoms with van der Waals surface area (Å²) in [5.41, 5.74) is -0.964. The molecule has 0 spiro atoms. The van der Waals surface area contributed by atoms with E-state index in [1.807, 2.05) is 0 Å². The summed E-state index contributed by atoms with van der Waals surface area (Å²) >= 11 is 0. The van der Waals surface area contributed by atoms with Gasteiger partial charge in [0.2, 0.25) is 5.91 Å². The summed E-state index contributed by atoms with van der Waals surface area (Å²) in [6.45, 7) is 4.93. The lowest BCUT2D eigenvalue weighted by Gasteiger charge is -2.35. The number of fused-ring (bicyclic) bond motifs is 1. The first kappa shape index (κ1) is 12.7. The van der Waals surface area contributed by atoms with E-state index in [0.717, 1.165) is 6.07 Å². The van der Waals surface area contributed by atoms with Gasteiger partial charge in [-0.25, -0.2) is 0 Å². The van der Waals surface area contributed by atoms with Gasteiger partial charge in [-0.2, -0.15) is 13.2 Å². The van der Waals surface area contributed by atoms with Crippen LogP contribution in [0.1, 0.15) is 25.0 Å². The number of aryl methyl sites for hydroxylation is 1. The van der Waals surface area contributed by atoms with E-state index in [4.69, 9.17) is 0 Å². The minimum atomic E-state index is -4.49. The quantitative estimate of drug-likeness (QED) is 0.750. The van der Waals surface area contributed by atoms with Crippen LogP contribution in [-0.4, -0.2) is 11.4 Å². The van der Waals surface area contributed by atoms with Crippen LogP contribution in [0.3, 0.4) is 0 Å². The molecule has 0 radical (unpaired) electrons. The van der Waals surface area contributed by atoms with Gasteiger partial charge in [0.15, 0.2) is 0 Å². The normalized spacial score (nSPS) is 17.8. The average Bonchev–Trinajstić information content (AvgIpc) is 2.19. The van der Waals surface area contributed by atoms with Crippen molar-refractivity contribution in [2.75, 3.05) is 10.6 Å². The van der Waals surface area contributed by atoms with Crippen molar-refractivity contribution in [1.82, 2.24) is 0 Å². The summed E-state index contributed by atoms with van der Waals surface area (Å²) in [7, 11) is 0. The predicted octanol–water partition coefficient (Wildman–Crippen LogP) is 3.16. The van der Waals surface area contributed by atoms with E-state index < -0.39 is 23.2 Å². The zero-order valence-corrected chi connectivity index (χ0v) is 10.2. The highest BCUT2D eigenvalue weighted by molar-refractivity contribution is 6.06. The van der Waals surface area contributed by atoms with E-state index in [1.54, 1.807) is 20.8 Å². The van der Waals surface area contributed by atoms with Gasteiger partial charge in [0.25, 0.3) is 0 Å². The van der Waals surface area contributed by atoms with E-state index >= 15 is 0 Å². The Morgan fingerprint density at radius 1 is 1.17 bits per heavy atom. The van der Waals surface area contributed by atoms with Gasteiger partial charge in [0.1, 0.15) is 5.54 Å². The number of amides is 1. The molecule has 1 aliphatic rings. The molecule has 3 nitrogen and oxygen atoms in total. The van der Waals surface area contributed by atoms with Crippen molar-refractivity contribution in [3.05, 3.63) is 23.3 Å². The summed E-state index contributed by atoms with van der Waals surface area (Å²) < 4.78 is 38.5. The molecular formula is C12H13F3N2O. The molecule has 98 valence electrons. The zero-order chi connectivity index (χ0) is 13.7. The van der Waals surface area contributed by atoms with Crippen LogP contribution in [0, 0.1) is 6.92 Å². The minimum Gasteiger partial charge on any atom is -0.370 e. The highest BCUT2D eigenvalue weighted by Gasteiger charge is 2.40. The van der Waals surface area contributed by atoms with Crippen LogP contribution >= 0.6 is 0 Å². The lowest BCUT2D eigenvalue weighted by atomic mass is 9.96. The van der Waals surface area contributed by atoms with Crippen LogP contribution in [0.2, 0.25) is 0 Å². The Labute approximate surface area is 102 Å². The van der Waals surface area contributed by atoms with Crippen molar-refractivity contribution < 1.29 is 18.0 Å². The number of carbonyl (C=O) groups is 1. The molecular weight excluding hydrogens is 245 g/mol. The molecule has 0 saturated carbocycles. The first-order chi connectivity index (χ1) is 8.13. The molecule has 0 aliphatic carbocycles. The molecule has 2 rings (SSSR count). The Morgan fingerprint density at radius 3 is 2.33 bits per heavy atom. The molecule has 1 amide bonds. The molecule has 0 bridgehead atoms. The SMILES string of the molecule is Cc1ccc(C(F)(F)F)c2c1NC(C)(C)C(=O)N2. The number of alkyl halides is 3. The summed E-state index contributed by atoms with van der Waals surface area (Å²) in [5.74, 6) is -0.480. The monoisotopic (exact) mass is 258 g/mol. The van der Waals surface area contributed by atoms with Gasteiger partial charge < -0.3 is 10.6 Å². The molecule has 0 unspecified atom stereocenters. The molecule has 0 atom stereocenters. The van der Waals surface area contributed by atoms with E-state index in [2.05, 4.69) is 10.6 Å². The van der Waals surface area contributed by atoms with E-state index in [0.29, 0.717) is 11.3 Å². The lowest BCUT2D eigenvalue weighted by molar-refractivity contribution is -0.137. The van der Waals surface area contributed by atoms with Gasteiger partial charge in [0, 0.05) is 0 Å². The average molecular weight is 258 g/mol. The second-order valence-corrected chi connectivity index (χ2v) is 4.88. The first-order valence-corrected chi connectivity index (χ1v) is 5.43. The largest absolute Gasteiger partial charge is 0.418 e. The Kier molecular flexibility index (Phi) is 2.57. The van der Waals surface area contributed by atoms with Crippen LogP contribution < -0.4 is 10.6 Å². The number of anilines is 2. The fourth-order valence-electron chi connectivity index (χ4n) is 1.87. The first-order valence-electron chi connectivity index (χ1n) is 5.43. The van der Waals surface area contributed by atoms with Crippen LogP contribution in [0.4, 0.5) is 24.5 Å². The molecule has 1 aromatic carbocycles. The van der Waals surface area contributed by atoms with Crippen molar-refractivity contribution in [3.8, 4) is 0 Å². The molecule has 18 heavy (non-hydrogen) atoms. The third-order valence-corrected chi connectivity index (χ3v) is 2.96. The molecule has 1 aromatic rings. The van der Waals surface area contributed by atoms with Crippen molar-refractivity contribution in [2.45, 2.75) is 32.5 Å². The van der Waals surface area contributed by atoms with E-state index in [-0.39, 0.29) is 5.69 Å². The Morgan fingerprint density at radius 2 is 1.78 bits per heavy atom. The van der Waals surface area contributed by atoms with Crippen molar-refractivity contribution in [2.24, 2.45) is 0 Å². The summed E-state index contributed by atoms with van der Waals surface area (Å²) in [4.78, 5) is 11.7. The summed E-state index contributed by atoms with van der Waals surface area (Å²) in [6.07, 6.45) is -4.49. The van der Waals surface area contributed by atoms with E-state index in [1.165, 1.54) is 6.07 Å². The van der Waals surface area contributed by atoms with Crippen LogP contribution in [-0.2, 0) is 11.0 Å². The predicted molar refractivity (Wildman–Crippen MR) is 62.5 cm³/mol. The Bertz CT molecular complexity index is 521. The number of rotatable bonds is 0. The topological polar surface area (TPSA) is 41.1 Å². The minimum absolute atomic E-state index is 0.188. The second kappa shape index (κ2) is 3.63. The number of hydrogen-bond donors (Lipinski definition) is 2. The van der Waals surface area contributed by atoms with Gasteiger partial charge in [-0.15, -0.1) is 0 Å². The van der Waals surface area contributed by atoms with Crippen LogP contribution in [0.15, 0.2) is 12.1 Å². The Balaban J connectivity index is 2.64.